The molecule has 2 heterocycles. The van der Waals surface area contributed by atoms with Crippen molar-refractivity contribution in [2.75, 3.05) is 0 Å². The molecule has 1 saturated carbocycles. The zero-order valence-corrected chi connectivity index (χ0v) is 23.8. The SMILES string of the molecule is CC(C)(C)OC(=O)N[C@H]1C[C@H](Oc2ccc(C(C)(C)c3ccc(Oc4nc(-n5ccnn5)ccc4F)cc3)cc2)C1. The Morgan fingerprint density at radius 2 is 1.56 bits per heavy atom. The van der Waals surface area contributed by atoms with E-state index in [2.05, 4.69) is 46.6 Å². The van der Waals surface area contributed by atoms with Crippen LogP contribution in [0.3, 0.4) is 0 Å². The van der Waals surface area contributed by atoms with Crippen molar-refractivity contribution in [2.24, 2.45) is 0 Å². The summed E-state index contributed by atoms with van der Waals surface area (Å²) in [5.74, 6) is 0.946. The van der Waals surface area contributed by atoms with Crippen LogP contribution < -0.4 is 14.8 Å². The van der Waals surface area contributed by atoms with E-state index in [1.54, 1.807) is 18.3 Å². The number of alkyl carbamates (subject to hydrolysis) is 1. The topological polar surface area (TPSA) is 100 Å². The Bertz CT molecular complexity index is 1480. The van der Waals surface area contributed by atoms with Crippen molar-refractivity contribution in [3.63, 3.8) is 0 Å². The van der Waals surface area contributed by atoms with E-state index in [-0.39, 0.29) is 23.4 Å². The lowest BCUT2D eigenvalue weighted by Gasteiger charge is -2.36. The third kappa shape index (κ3) is 6.82. The number of carbonyl (C=O) groups is 1. The summed E-state index contributed by atoms with van der Waals surface area (Å²) in [6, 6.07) is 18.4. The molecule has 1 aliphatic carbocycles. The van der Waals surface area contributed by atoms with Crippen LogP contribution in [0.15, 0.2) is 73.1 Å². The van der Waals surface area contributed by atoms with Gasteiger partial charge in [0, 0.05) is 24.3 Å². The number of rotatable bonds is 8. The van der Waals surface area contributed by atoms with Gasteiger partial charge in [-0.1, -0.05) is 43.3 Å². The number of pyridine rings is 1. The van der Waals surface area contributed by atoms with Crippen LogP contribution in [-0.2, 0) is 10.2 Å². The Labute approximate surface area is 238 Å². The summed E-state index contributed by atoms with van der Waals surface area (Å²) in [6.45, 7) is 9.81. The lowest BCUT2D eigenvalue weighted by atomic mass is 9.78. The molecule has 214 valence electrons. The second kappa shape index (κ2) is 11.2. The first-order valence-corrected chi connectivity index (χ1v) is 13.5. The highest BCUT2D eigenvalue weighted by Crippen LogP contribution is 2.35. The smallest absolute Gasteiger partial charge is 0.407 e. The molecule has 1 amide bonds. The van der Waals surface area contributed by atoms with Crippen molar-refractivity contribution in [3.8, 4) is 23.2 Å². The number of benzene rings is 2. The number of amides is 1. The lowest BCUT2D eigenvalue weighted by Crippen LogP contribution is -2.50. The fraction of sp³-hybridized carbons (Fsp3) is 0.355. The van der Waals surface area contributed by atoms with Crippen LogP contribution in [0.5, 0.6) is 17.4 Å². The van der Waals surface area contributed by atoms with Crippen molar-refractivity contribution in [3.05, 3.63) is 90.0 Å². The highest BCUT2D eigenvalue weighted by Gasteiger charge is 2.33. The molecule has 1 aliphatic rings. The van der Waals surface area contributed by atoms with Gasteiger partial charge in [-0.2, -0.15) is 4.98 Å². The standard InChI is InChI=1S/C31H34FN5O4/c1-30(2,3)41-29(38)34-22-18-25(19-22)39-23-10-6-20(7-11-23)31(4,5)21-8-12-24(13-9-21)40-28-26(32)14-15-27(35-28)37-17-16-33-36-37/h6-17,22,25H,18-19H2,1-5H3,(H,34,38)/t22-,25-. The van der Waals surface area contributed by atoms with Gasteiger partial charge in [-0.25, -0.2) is 13.9 Å². The first kappa shape index (κ1) is 28.1. The van der Waals surface area contributed by atoms with Crippen LogP contribution in [0, 0.1) is 5.82 Å². The van der Waals surface area contributed by atoms with E-state index >= 15 is 0 Å². The van der Waals surface area contributed by atoms with Crippen molar-refractivity contribution in [1.82, 2.24) is 25.3 Å². The molecule has 0 radical (unpaired) electrons. The zero-order valence-electron chi connectivity index (χ0n) is 23.8. The minimum atomic E-state index is -0.572. The van der Waals surface area contributed by atoms with Crippen LogP contribution in [0.1, 0.15) is 58.6 Å². The highest BCUT2D eigenvalue weighted by molar-refractivity contribution is 5.68. The Kier molecular flexibility index (Phi) is 7.66. The molecule has 0 spiro atoms. The van der Waals surface area contributed by atoms with E-state index < -0.39 is 17.5 Å². The third-order valence-electron chi connectivity index (χ3n) is 6.94. The van der Waals surface area contributed by atoms with Crippen LogP contribution in [0.2, 0.25) is 0 Å². The van der Waals surface area contributed by atoms with Crippen molar-refractivity contribution in [1.29, 1.82) is 0 Å². The van der Waals surface area contributed by atoms with Gasteiger partial charge in [0.25, 0.3) is 5.88 Å². The van der Waals surface area contributed by atoms with E-state index in [1.165, 1.54) is 23.0 Å². The molecule has 5 rings (SSSR count). The van der Waals surface area contributed by atoms with Gasteiger partial charge in [-0.3, -0.25) is 0 Å². The molecule has 0 saturated heterocycles. The molecule has 0 aliphatic heterocycles. The first-order chi connectivity index (χ1) is 19.5. The average Bonchev–Trinajstić information content (AvgIpc) is 3.43. The largest absolute Gasteiger partial charge is 0.490 e. The first-order valence-electron chi connectivity index (χ1n) is 13.5. The van der Waals surface area contributed by atoms with E-state index in [4.69, 9.17) is 14.2 Å². The number of nitrogens with one attached hydrogen (secondary N) is 1. The maximum absolute atomic E-state index is 14.4. The van der Waals surface area contributed by atoms with Gasteiger partial charge in [0.15, 0.2) is 11.6 Å². The van der Waals surface area contributed by atoms with Crippen molar-refractivity contribution >= 4 is 6.09 Å². The van der Waals surface area contributed by atoms with Gasteiger partial charge < -0.3 is 19.5 Å². The predicted octanol–water partition coefficient (Wildman–Crippen LogP) is 6.35. The fourth-order valence-corrected chi connectivity index (χ4v) is 4.56. The summed E-state index contributed by atoms with van der Waals surface area (Å²) in [5.41, 5.74) is 1.37. The molecule has 41 heavy (non-hydrogen) atoms. The molecule has 4 aromatic rings. The minimum Gasteiger partial charge on any atom is -0.490 e. The van der Waals surface area contributed by atoms with E-state index in [0.29, 0.717) is 11.6 Å². The van der Waals surface area contributed by atoms with Gasteiger partial charge in [-0.05, 0) is 68.3 Å². The molecule has 9 nitrogen and oxygen atoms in total. The van der Waals surface area contributed by atoms with Crippen LogP contribution in [-0.4, -0.2) is 43.8 Å². The molecule has 0 atom stereocenters. The summed E-state index contributed by atoms with van der Waals surface area (Å²) in [6.07, 6.45) is 4.28. The number of aromatic nitrogens is 4. The molecule has 0 unspecified atom stereocenters. The molecular formula is C31H34FN5O4. The number of carbonyl (C=O) groups excluding carboxylic acids is 1. The minimum absolute atomic E-state index is 0.0533. The molecular weight excluding hydrogens is 525 g/mol. The van der Waals surface area contributed by atoms with E-state index in [1.807, 2.05) is 45.0 Å². The van der Waals surface area contributed by atoms with Gasteiger partial charge in [0.1, 0.15) is 23.2 Å². The lowest BCUT2D eigenvalue weighted by molar-refractivity contribution is 0.0363. The van der Waals surface area contributed by atoms with Crippen LogP contribution in [0.25, 0.3) is 5.82 Å². The molecule has 2 aromatic heterocycles. The summed E-state index contributed by atoms with van der Waals surface area (Å²) < 4.78 is 33.0. The molecule has 1 N–H and O–H groups in total. The fourth-order valence-electron chi connectivity index (χ4n) is 4.56. The quantitative estimate of drug-likeness (QED) is 0.268. The number of hydrogen-bond donors (Lipinski definition) is 1. The van der Waals surface area contributed by atoms with E-state index in [9.17, 15) is 9.18 Å². The summed E-state index contributed by atoms with van der Waals surface area (Å²) in [7, 11) is 0. The number of hydrogen-bond acceptors (Lipinski definition) is 7. The maximum atomic E-state index is 14.4. The molecule has 10 heteroatoms. The number of halogens is 1. The molecule has 0 bridgehead atoms. The second-order valence-electron chi connectivity index (χ2n) is 11.6. The molecule has 1 fully saturated rings. The van der Waals surface area contributed by atoms with Gasteiger partial charge >= 0.3 is 6.09 Å². The van der Waals surface area contributed by atoms with Crippen LogP contribution in [0.4, 0.5) is 9.18 Å². The highest BCUT2D eigenvalue weighted by atomic mass is 19.1. The predicted molar refractivity (Wildman–Crippen MR) is 151 cm³/mol. The van der Waals surface area contributed by atoms with E-state index in [0.717, 1.165) is 29.7 Å². The zero-order chi connectivity index (χ0) is 29.2. The maximum Gasteiger partial charge on any atom is 0.407 e. The Morgan fingerprint density at radius 1 is 0.927 bits per heavy atom. The summed E-state index contributed by atoms with van der Waals surface area (Å²) in [5, 5.41) is 10.5. The van der Waals surface area contributed by atoms with Crippen molar-refractivity contribution in [2.45, 2.75) is 70.6 Å². The monoisotopic (exact) mass is 559 g/mol. The number of nitrogens with zero attached hydrogens (tertiary/aromatic N) is 4. The summed E-state index contributed by atoms with van der Waals surface area (Å²) >= 11 is 0. The number of ether oxygens (including phenoxy) is 3. The van der Waals surface area contributed by atoms with Gasteiger partial charge in [0.2, 0.25) is 0 Å². The van der Waals surface area contributed by atoms with Crippen molar-refractivity contribution < 1.29 is 23.4 Å². The Balaban J connectivity index is 1.17. The summed E-state index contributed by atoms with van der Waals surface area (Å²) in [4.78, 5) is 16.2. The Hall–Kier alpha value is -4.47. The van der Waals surface area contributed by atoms with Gasteiger partial charge in [-0.15, -0.1) is 5.10 Å². The normalized spacial score (nSPS) is 16.9. The second-order valence-corrected chi connectivity index (χ2v) is 11.6. The molecule has 2 aromatic carbocycles. The third-order valence-corrected chi connectivity index (χ3v) is 6.94. The van der Waals surface area contributed by atoms with Crippen LogP contribution >= 0.6 is 0 Å². The Morgan fingerprint density at radius 3 is 2.15 bits per heavy atom. The average molecular weight is 560 g/mol. The van der Waals surface area contributed by atoms with Gasteiger partial charge in [0.05, 0.1) is 12.4 Å².